The van der Waals surface area contributed by atoms with Crippen molar-refractivity contribution in [1.29, 1.82) is 0 Å². The largest absolute Gasteiger partial charge is 0.467 e. The quantitative estimate of drug-likeness (QED) is 0.499. The lowest BCUT2D eigenvalue weighted by atomic mass is 10.3. The lowest BCUT2D eigenvalue weighted by molar-refractivity contribution is 0.0987. The average Bonchev–Trinajstić information content (AvgIpc) is 3.32. The molecule has 4 rings (SSSR count). The molecule has 0 N–H and O–H groups in total. The van der Waals surface area contributed by atoms with Crippen LogP contribution < -0.4 is 4.90 Å². The van der Waals surface area contributed by atoms with Crippen molar-refractivity contribution in [3.63, 3.8) is 0 Å². The van der Waals surface area contributed by atoms with Crippen LogP contribution in [0.1, 0.15) is 15.4 Å². The molecule has 3 heterocycles. The van der Waals surface area contributed by atoms with E-state index in [0.717, 1.165) is 17.4 Å². The molecule has 0 fully saturated rings. The third-order valence-corrected chi connectivity index (χ3v) is 5.39. The van der Waals surface area contributed by atoms with Crippen molar-refractivity contribution >= 4 is 43.9 Å². The van der Waals surface area contributed by atoms with E-state index in [1.54, 1.807) is 29.6 Å². The van der Waals surface area contributed by atoms with Crippen molar-refractivity contribution in [3.8, 4) is 0 Å². The maximum absolute atomic E-state index is 14.0. The standard InChI is InChI=1S/C17H10F2N2O2S2/c18-10-7-12(19)15-14(8-10)25-17(20-15)21(9-11-3-1-5-23-11)16(22)13-4-2-6-24-13/h1-8H,9H2. The Morgan fingerprint density at radius 2 is 2.12 bits per heavy atom. The van der Waals surface area contributed by atoms with Gasteiger partial charge in [-0.05, 0) is 29.6 Å². The minimum atomic E-state index is -0.751. The summed E-state index contributed by atoms with van der Waals surface area (Å²) in [5.41, 5.74) is 0.0461. The second-order valence-corrected chi connectivity index (χ2v) is 7.14. The number of hydrogen-bond donors (Lipinski definition) is 0. The molecule has 0 aliphatic carbocycles. The normalized spacial score (nSPS) is 11.1. The Balaban J connectivity index is 1.79. The van der Waals surface area contributed by atoms with Gasteiger partial charge in [-0.3, -0.25) is 9.69 Å². The van der Waals surface area contributed by atoms with Crippen molar-refractivity contribution < 1.29 is 18.0 Å². The van der Waals surface area contributed by atoms with Crippen molar-refractivity contribution in [2.75, 3.05) is 4.90 Å². The second kappa shape index (κ2) is 6.38. The number of aromatic nitrogens is 1. The van der Waals surface area contributed by atoms with Gasteiger partial charge >= 0.3 is 0 Å². The zero-order chi connectivity index (χ0) is 17.4. The predicted molar refractivity (Wildman–Crippen MR) is 93.1 cm³/mol. The van der Waals surface area contributed by atoms with Crippen molar-refractivity contribution in [1.82, 2.24) is 4.98 Å². The van der Waals surface area contributed by atoms with E-state index < -0.39 is 11.6 Å². The lowest BCUT2D eigenvalue weighted by Gasteiger charge is -2.17. The van der Waals surface area contributed by atoms with Crippen LogP contribution in [0.5, 0.6) is 0 Å². The topological polar surface area (TPSA) is 46.3 Å². The van der Waals surface area contributed by atoms with Crippen LogP contribution in [-0.4, -0.2) is 10.9 Å². The zero-order valence-electron chi connectivity index (χ0n) is 12.6. The number of fused-ring (bicyclic) bond motifs is 1. The summed E-state index contributed by atoms with van der Waals surface area (Å²) in [5, 5.41) is 2.08. The zero-order valence-corrected chi connectivity index (χ0v) is 14.2. The molecule has 0 aliphatic rings. The number of hydrogen-bond acceptors (Lipinski definition) is 5. The molecular weight excluding hydrogens is 366 g/mol. The fourth-order valence-electron chi connectivity index (χ4n) is 2.38. The molecule has 0 bridgehead atoms. The number of nitrogens with zero attached hydrogens (tertiary/aromatic N) is 2. The maximum atomic E-state index is 14.0. The van der Waals surface area contributed by atoms with Gasteiger partial charge in [-0.1, -0.05) is 17.4 Å². The molecule has 0 radical (unpaired) electrons. The van der Waals surface area contributed by atoms with Gasteiger partial charge in [0.1, 0.15) is 17.1 Å². The van der Waals surface area contributed by atoms with E-state index in [0.29, 0.717) is 15.3 Å². The number of furan rings is 1. The first-order valence-corrected chi connectivity index (χ1v) is 8.95. The fourth-order valence-corrected chi connectivity index (χ4v) is 4.05. The van der Waals surface area contributed by atoms with E-state index in [-0.39, 0.29) is 23.1 Å². The molecule has 1 amide bonds. The molecule has 0 spiro atoms. The first-order valence-electron chi connectivity index (χ1n) is 7.25. The number of thiophene rings is 1. The Labute approximate surface area is 149 Å². The van der Waals surface area contributed by atoms with E-state index in [1.165, 1.54) is 28.6 Å². The van der Waals surface area contributed by atoms with Gasteiger partial charge in [0.2, 0.25) is 0 Å². The van der Waals surface area contributed by atoms with E-state index in [2.05, 4.69) is 4.98 Å². The number of thiazole rings is 1. The van der Waals surface area contributed by atoms with Gasteiger partial charge in [0.25, 0.3) is 5.91 Å². The summed E-state index contributed by atoms with van der Waals surface area (Å²) in [6.45, 7) is 0.146. The number of amides is 1. The Bertz CT molecular complexity index is 1030. The van der Waals surface area contributed by atoms with Crippen LogP contribution in [0.2, 0.25) is 0 Å². The van der Waals surface area contributed by atoms with Crippen molar-refractivity contribution in [2.45, 2.75) is 6.54 Å². The maximum Gasteiger partial charge on any atom is 0.270 e. The van der Waals surface area contributed by atoms with Gasteiger partial charge in [0.15, 0.2) is 10.9 Å². The van der Waals surface area contributed by atoms with E-state index >= 15 is 0 Å². The summed E-state index contributed by atoms with van der Waals surface area (Å²) in [6.07, 6.45) is 1.51. The summed E-state index contributed by atoms with van der Waals surface area (Å²) < 4.78 is 33.1. The lowest BCUT2D eigenvalue weighted by Crippen LogP contribution is -2.29. The Kier molecular flexibility index (Phi) is 4.06. The van der Waals surface area contributed by atoms with Crippen LogP contribution in [0, 0.1) is 11.6 Å². The van der Waals surface area contributed by atoms with E-state index in [9.17, 15) is 13.6 Å². The molecule has 0 unspecified atom stereocenters. The summed E-state index contributed by atoms with van der Waals surface area (Å²) >= 11 is 2.36. The molecule has 0 atom stereocenters. The third-order valence-electron chi connectivity index (χ3n) is 3.50. The predicted octanol–water partition coefficient (Wildman–Crippen LogP) is 5.08. The molecule has 0 saturated heterocycles. The molecule has 25 heavy (non-hydrogen) atoms. The molecule has 3 aromatic heterocycles. The van der Waals surface area contributed by atoms with E-state index in [1.807, 2.05) is 0 Å². The molecule has 1 aromatic carbocycles. The van der Waals surface area contributed by atoms with Gasteiger partial charge < -0.3 is 4.42 Å². The monoisotopic (exact) mass is 376 g/mol. The molecule has 126 valence electrons. The molecule has 8 heteroatoms. The highest BCUT2D eigenvalue weighted by Gasteiger charge is 2.24. The molecule has 4 aromatic rings. The number of halogens is 2. The van der Waals surface area contributed by atoms with Crippen LogP contribution >= 0.6 is 22.7 Å². The van der Waals surface area contributed by atoms with Crippen molar-refractivity contribution in [2.24, 2.45) is 0 Å². The Morgan fingerprint density at radius 3 is 2.84 bits per heavy atom. The highest BCUT2D eigenvalue weighted by atomic mass is 32.1. The highest BCUT2D eigenvalue weighted by molar-refractivity contribution is 7.22. The molecular formula is C17H10F2N2O2S2. The first-order chi connectivity index (χ1) is 12.1. The Morgan fingerprint density at radius 1 is 1.24 bits per heavy atom. The number of carbonyl (C=O) groups is 1. The number of anilines is 1. The number of benzene rings is 1. The van der Waals surface area contributed by atoms with Crippen LogP contribution in [0.4, 0.5) is 13.9 Å². The summed E-state index contributed by atoms with van der Waals surface area (Å²) in [7, 11) is 0. The van der Waals surface area contributed by atoms with Crippen LogP contribution in [0.15, 0.2) is 52.5 Å². The molecule has 4 nitrogen and oxygen atoms in total. The van der Waals surface area contributed by atoms with Gasteiger partial charge in [-0.25, -0.2) is 13.8 Å². The number of carbonyl (C=O) groups excluding carboxylic acids is 1. The Hall–Kier alpha value is -2.58. The third kappa shape index (κ3) is 3.06. The smallest absolute Gasteiger partial charge is 0.270 e. The summed E-state index contributed by atoms with van der Waals surface area (Å²) in [6, 6.07) is 8.93. The number of rotatable bonds is 4. The van der Waals surface area contributed by atoms with Gasteiger partial charge in [-0.15, -0.1) is 11.3 Å². The van der Waals surface area contributed by atoms with Gasteiger partial charge in [-0.2, -0.15) is 0 Å². The minimum Gasteiger partial charge on any atom is -0.467 e. The minimum absolute atomic E-state index is 0.0461. The van der Waals surface area contributed by atoms with Crippen molar-refractivity contribution in [3.05, 3.63) is 70.3 Å². The molecule has 0 saturated carbocycles. The summed E-state index contributed by atoms with van der Waals surface area (Å²) in [5.74, 6) is -1.14. The molecule has 0 aliphatic heterocycles. The van der Waals surface area contributed by atoms with Crippen LogP contribution in [-0.2, 0) is 6.54 Å². The highest BCUT2D eigenvalue weighted by Crippen LogP contribution is 2.33. The van der Waals surface area contributed by atoms with E-state index in [4.69, 9.17) is 4.42 Å². The summed E-state index contributed by atoms with van der Waals surface area (Å²) in [4.78, 5) is 19.0. The first kappa shape index (κ1) is 15.9. The van der Waals surface area contributed by atoms with Gasteiger partial charge in [0, 0.05) is 6.07 Å². The fraction of sp³-hybridized carbons (Fsp3) is 0.0588. The van der Waals surface area contributed by atoms with Crippen LogP contribution in [0.3, 0.4) is 0 Å². The average molecular weight is 376 g/mol. The SMILES string of the molecule is O=C(c1cccs1)N(Cc1ccco1)c1nc2c(F)cc(F)cc2s1. The second-order valence-electron chi connectivity index (χ2n) is 5.18. The van der Waals surface area contributed by atoms with Gasteiger partial charge in [0.05, 0.1) is 22.4 Å². The van der Waals surface area contributed by atoms with Crippen LogP contribution in [0.25, 0.3) is 10.2 Å².